The first-order valence-corrected chi connectivity index (χ1v) is 8.33. The van der Waals surface area contributed by atoms with Gasteiger partial charge in [-0.1, -0.05) is 12.1 Å². The fourth-order valence-electron chi connectivity index (χ4n) is 2.65. The highest BCUT2D eigenvalue weighted by Gasteiger charge is 2.19. The highest BCUT2D eigenvalue weighted by atomic mass is 16.6. The molecule has 0 bridgehead atoms. The smallest absolute Gasteiger partial charge is 0.329 e. The average molecular weight is 403 g/mol. The highest BCUT2D eigenvalue weighted by molar-refractivity contribution is 5.81. The Kier molecular flexibility index (Phi) is 5.52. The number of non-ortho nitro benzene ring substituents is 1. The Morgan fingerprint density at radius 3 is 2.90 bits per heavy atom. The molecule has 0 saturated heterocycles. The van der Waals surface area contributed by atoms with Crippen LogP contribution in [0.2, 0.25) is 0 Å². The van der Waals surface area contributed by atoms with Gasteiger partial charge >= 0.3 is 5.69 Å². The molecule has 0 saturated carbocycles. The summed E-state index contributed by atoms with van der Waals surface area (Å²) in [4.78, 5) is 40.7. The van der Waals surface area contributed by atoms with Crippen molar-refractivity contribution in [2.45, 2.75) is 12.6 Å². The predicted molar refractivity (Wildman–Crippen MR) is 103 cm³/mol. The summed E-state index contributed by atoms with van der Waals surface area (Å²) in [6.07, 6.45) is 0.118. The Labute approximate surface area is 161 Å². The molecular weight excluding hydrogens is 386 g/mol. The maximum Gasteiger partial charge on any atom is 0.329 e. The normalized spacial score (nSPS) is 12.5. The van der Waals surface area contributed by atoms with Crippen molar-refractivity contribution in [1.29, 1.82) is 0 Å². The number of aromatic amines is 1. The second-order valence-electron chi connectivity index (χ2n) is 6.10. The van der Waals surface area contributed by atoms with Gasteiger partial charge in [-0.25, -0.2) is 10.2 Å². The predicted octanol–water partition coefficient (Wildman–Crippen LogP) is -0.869. The van der Waals surface area contributed by atoms with Crippen LogP contribution in [0.3, 0.4) is 0 Å². The number of aromatic nitrogens is 4. The number of nitro groups is 1. The number of hydrazone groups is 1. The fraction of sp³-hybridized carbons (Fsp3) is 0.250. The minimum Gasteiger partial charge on any atom is -0.394 e. The summed E-state index contributed by atoms with van der Waals surface area (Å²) in [5, 5.41) is 33.7. The maximum absolute atomic E-state index is 12.2. The summed E-state index contributed by atoms with van der Waals surface area (Å²) in [6, 6.07) is 5.76. The summed E-state index contributed by atoms with van der Waals surface area (Å²) in [5.41, 5.74) is 1.61. The molecule has 1 atom stereocenters. The Balaban J connectivity index is 2.01. The summed E-state index contributed by atoms with van der Waals surface area (Å²) >= 11 is 0. The van der Waals surface area contributed by atoms with Gasteiger partial charge < -0.3 is 14.8 Å². The van der Waals surface area contributed by atoms with Gasteiger partial charge in [-0.15, -0.1) is 0 Å². The number of aliphatic hydroxyl groups excluding tert-OH is 2. The quantitative estimate of drug-likeness (QED) is 0.223. The number of nitro benzene ring substituents is 1. The number of hydrogen-bond donors (Lipinski definition) is 4. The van der Waals surface area contributed by atoms with E-state index in [1.165, 1.54) is 36.0 Å². The van der Waals surface area contributed by atoms with E-state index >= 15 is 0 Å². The van der Waals surface area contributed by atoms with Crippen molar-refractivity contribution in [1.82, 2.24) is 19.1 Å². The van der Waals surface area contributed by atoms with Gasteiger partial charge in [0.1, 0.15) is 0 Å². The molecule has 3 rings (SSSR count). The van der Waals surface area contributed by atoms with Crippen molar-refractivity contribution in [3.63, 3.8) is 0 Å². The first-order chi connectivity index (χ1) is 13.8. The van der Waals surface area contributed by atoms with Crippen molar-refractivity contribution < 1.29 is 15.1 Å². The third-order valence-electron chi connectivity index (χ3n) is 4.07. The summed E-state index contributed by atoms with van der Waals surface area (Å²) in [5.74, 6) is 0.0286. The molecule has 0 fully saturated rings. The van der Waals surface area contributed by atoms with Gasteiger partial charge in [0.05, 0.1) is 30.4 Å². The zero-order valence-corrected chi connectivity index (χ0v) is 15.1. The molecule has 0 aliphatic heterocycles. The van der Waals surface area contributed by atoms with Crippen molar-refractivity contribution in [2.24, 2.45) is 12.1 Å². The number of aliphatic hydroxyl groups is 2. The molecule has 0 spiro atoms. The fourth-order valence-corrected chi connectivity index (χ4v) is 2.65. The first-order valence-electron chi connectivity index (χ1n) is 8.33. The van der Waals surface area contributed by atoms with Crippen LogP contribution in [0.5, 0.6) is 0 Å². The average Bonchev–Trinajstić information content (AvgIpc) is 3.05. The largest absolute Gasteiger partial charge is 0.394 e. The molecule has 13 nitrogen and oxygen atoms in total. The Hall–Kier alpha value is -3.84. The molecule has 1 aromatic carbocycles. The van der Waals surface area contributed by atoms with Gasteiger partial charge in [-0.3, -0.25) is 24.5 Å². The van der Waals surface area contributed by atoms with Crippen molar-refractivity contribution >= 4 is 29.0 Å². The lowest BCUT2D eigenvalue weighted by atomic mass is 10.2. The third-order valence-corrected chi connectivity index (χ3v) is 4.07. The molecule has 0 aliphatic rings. The second-order valence-corrected chi connectivity index (χ2v) is 6.10. The topological polar surface area (TPSA) is 181 Å². The van der Waals surface area contributed by atoms with Gasteiger partial charge in [-0.05, 0) is 0 Å². The van der Waals surface area contributed by atoms with Gasteiger partial charge in [0, 0.05) is 24.7 Å². The number of rotatable bonds is 7. The number of anilines is 1. The minimum absolute atomic E-state index is 0.00708. The van der Waals surface area contributed by atoms with Crippen LogP contribution in [0.25, 0.3) is 11.2 Å². The summed E-state index contributed by atoms with van der Waals surface area (Å²) in [7, 11) is 1.41. The molecule has 1 unspecified atom stereocenters. The van der Waals surface area contributed by atoms with Crippen LogP contribution in [0.15, 0.2) is 39.0 Å². The number of nitrogens with one attached hydrogen (secondary N) is 2. The van der Waals surface area contributed by atoms with E-state index < -0.39 is 28.9 Å². The zero-order valence-electron chi connectivity index (χ0n) is 15.1. The molecule has 0 aliphatic carbocycles. The van der Waals surface area contributed by atoms with Crippen molar-refractivity contribution in [3.05, 3.63) is 60.8 Å². The zero-order chi connectivity index (χ0) is 21.1. The standard InChI is InChI=1S/C16H17N7O6/c1-21-13-12(14(26)19-16(21)27)22(7-11(25)8-24)15(18-13)20-17-6-9-3-2-4-10(5-9)23(28)29/h2-6,11,24-25H,7-8H2,1H3,(H,18,20)(H,19,26,27)/b17-6+. The van der Waals surface area contributed by atoms with E-state index in [-0.39, 0.29) is 29.3 Å². The molecule has 2 heterocycles. The van der Waals surface area contributed by atoms with Crippen LogP contribution in [0.1, 0.15) is 5.56 Å². The maximum atomic E-state index is 12.2. The highest BCUT2D eigenvalue weighted by Crippen LogP contribution is 2.16. The Morgan fingerprint density at radius 1 is 1.45 bits per heavy atom. The molecule has 2 aromatic heterocycles. The van der Waals surface area contributed by atoms with Crippen molar-refractivity contribution in [2.75, 3.05) is 12.0 Å². The number of imidazole rings is 1. The summed E-state index contributed by atoms with van der Waals surface area (Å²) < 4.78 is 2.40. The number of aryl methyl sites for hydroxylation is 1. The number of H-pyrrole nitrogens is 1. The number of hydrogen-bond acceptors (Lipinski definition) is 9. The molecule has 0 amide bonds. The molecular formula is C16H17N7O6. The van der Waals surface area contributed by atoms with Gasteiger partial charge in [-0.2, -0.15) is 10.1 Å². The monoisotopic (exact) mass is 403 g/mol. The van der Waals surface area contributed by atoms with Gasteiger partial charge in [0.2, 0.25) is 5.95 Å². The van der Waals surface area contributed by atoms with Gasteiger partial charge in [0.15, 0.2) is 11.2 Å². The van der Waals surface area contributed by atoms with Gasteiger partial charge in [0.25, 0.3) is 11.2 Å². The van der Waals surface area contributed by atoms with E-state index in [9.17, 15) is 24.8 Å². The van der Waals surface area contributed by atoms with E-state index in [4.69, 9.17) is 5.11 Å². The summed E-state index contributed by atoms with van der Waals surface area (Å²) in [6.45, 7) is -0.747. The number of benzene rings is 1. The van der Waals surface area contributed by atoms with E-state index in [1.807, 2.05) is 0 Å². The lowest BCUT2D eigenvalue weighted by Gasteiger charge is -2.11. The lowest BCUT2D eigenvalue weighted by Crippen LogP contribution is -2.30. The van der Waals surface area contributed by atoms with E-state index in [0.717, 1.165) is 4.57 Å². The van der Waals surface area contributed by atoms with Crippen LogP contribution in [-0.4, -0.2) is 53.2 Å². The second kappa shape index (κ2) is 8.04. The third kappa shape index (κ3) is 4.04. The van der Waals surface area contributed by atoms with E-state index in [2.05, 4.69) is 20.5 Å². The molecule has 3 aromatic rings. The van der Waals surface area contributed by atoms with Crippen LogP contribution >= 0.6 is 0 Å². The molecule has 152 valence electrons. The number of nitrogens with zero attached hydrogens (tertiary/aromatic N) is 5. The lowest BCUT2D eigenvalue weighted by molar-refractivity contribution is -0.384. The molecule has 4 N–H and O–H groups in total. The SMILES string of the molecule is Cn1c(=O)[nH]c(=O)c2c1nc(N/N=C/c1cccc([N+](=O)[O-])c1)n2CC(O)CO. The Bertz CT molecular complexity index is 1210. The molecule has 29 heavy (non-hydrogen) atoms. The van der Waals surface area contributed by atoms with Crippen molar-refractivity contribution in [3.8, 4) is 0 Å². The van der Waals surface area contributed by atoms with Crippen LogP contribution < -0.4 is 16.7 Å². The van der Waals surface area contributed by atoms with Crippen LogP contribution in [0.4, 0.5) is 11.6 Å². The van der Waals surface area contributed by atoms with Crippen LogP contribution in [0, 0.1) is 10.1 Å². The van der Waals surface area contributed by atoms with Crippen LogP contribution in [-0.2, 0) is 13.6 Å². The minimum atomic E-state index is -1.19. The Morgan fingerprint density at radius 2 is 2.21 bits per heavy atom. The van der Waals surface area contributed by atoms with E-state index in [1.54, 1.807) is 6.07 Å². The number of fused-ring (bicyclic) bond motifs is 1. The molecule has 13 heteroatoms. The van der Waals surface area contributed by atoms with E-state index in [0.29, 0.717) is 5.56 Å². The molecule has 0 radical (unpaired) electrons. The first kappa shape index (κ1) is 19.9.